The normalized spacial score (nSPS) is 11.7. The molecule has 0 amide bonds. The Labute approximate surface area is 98.3 Å². The monoisotopic (exact) mass is 269 g/mol. The Bertz CT molecular complexity index is 470. The molecule has 0 aromatic heterocycles. The highest BCUT2D eigenvalue weighted by Crippen LogP contribution is 2.39. The number of benzene rings is 1. The molecule has 18 heavy (non-hydrogen) atoms. The number of anilines is 1. The molecule has 0 spiro atoms. The number of carbonyl (C=O) groups excluding carboxylic acids is 1. The zero-order valence-corrected chi connectivity index (χ0v) is 9.02. The van der Waals surface area contributed by atoms with Crippen molar-refractivity contribution in [2.24, 2.45) is 0 Å². The first-order valence-electron chi connectivity index (χ1n) is 4.60. The van der Waals surface area contributed by atoms with Gasteiger partial charge in [-0.15, -0.1) is 0 Å². The smallest absolute Gasteiger partial charge is 0.417 e. The van der Waals surface area contributed by atoms with Crippen molar-refractivity contribution in [2.75, 3.05) is 5.73 Å². The zero-order chi connectivity index (χ0) is 14.1. The number of hydrogen-bond acceptors (Lipinski definition) is 3. The largest absolute Gasteiger partial charge is 0.432 e. The summed E-state index contributed by atoms with van der Waals surface area (Å²) in [5.41, 5.74) is 2.42. The molecule has 0 saturated heterocycles. The van der Waals surface area contributed by atoms with E-state index in [2.05, 4.69) is 4.74 Å². The van der Waals surface area contributed by atoms with Crippen LogP contribution in [-0.2, 0) is 6.18 Å². The van der Waals surface area contributed by atoms with Crippen LogP contribution in [0.15, 0.2) is 12.1 Å². The van der Waals surface area contributed by atoms with Gasteiger partial charge < -0.3 is 10.5 Å². The van der Waals surface area contributed by atoms with Crippen LogP contribution in [0.5, 0.6) is 5.75 Å². The molecule has 0 radical (unpaired) electrons. The average Bonchev–Trinajstić information content (AvgIpc) is 2.17. The van der Waals surface area contributed by atoms with Crippen LogP contribution in [0, 0.1) is 0 Å². The minimum absolute atomic E-state index is 0.464. The fourth-order valence-corrected chi connectivity index (χ4v) is 1.40. The lowest BCUT2D eigenvalue weighted by molar-refractivity contribution is -0.138. The highest BCUT2D eigenvalue weighted by molar-refractivity contribution is 6.00. The number of halogens is 5. The van der Waals surface area contributed by atoms with E-state index < -0.39 is 41.1 Å². The van der Waals surface area contributed by atoms with E-state index in [4.69, 9.17) is 5.73 Å². The number of nitrogen functional groups attached to an aromatic ring is 1. The van der Waals surface area contributed by atoms with Gasteiger partial charge in [0.25, 0.3) is 0 Å². The molecule has 0 bridgehead atoms. The lowest BCUT2D eigenvalue weighted by Gasteiger charge is -2.16. The second kappa shape index (κ2) is 4.79. The summed E-state index contributed by atoms with van der Waals surface area (Å²) < 4.78 is 66.0. The molecule has 100 valence electrons. The number of ketones is 1. The van der Waals surface area contributed by atoms with Crippen molar-refractivity contribution in [2.45, 2.75) is 19.7 Å². The highest BCUT2D eigenvalue weighted by atomic mass is 19.4. The molecule has 0 aliphatic heterocycles. The standard InChI is InChI=1S/C10H8F5NO2/c1-4(17)7-5(10(13,14)15)2-3-6(16)8(7)18-9(11)12/h2-3,9H,16H2,1H3. The quantitative estimate of drug-likeness (QED) is 0.521. The Morgan fingerprint density at radius 3 is 2.28 bits per heavy atom. The van der Waals surface area contributed by atoms with Gasteiger partial charge in [-0.2, -0.15) is 22.0 Å². The van der Waals surface area contributed by atoms with Crippen molar-refractivity contribution in [3.05, 3.63) is 23.3 Å². The fraction of sp³-hybridized carbons (Fsp3) is 0.300. The lowest BCUT2D eigenvalue weighted by Crippen LogP contribution is -2.16. The Morgan fingerprint density at radius 2 is 1.89 bits per heavy atom. The molecule has 0 fully saturated rings. The van der Waals surface area contributed by atoms with E-state index in [9.17, 15) is 26.7 Å². The first-order valence-corrected chi connectivity index (χ1v) is 4.60. The first-order chi connectivity index (χ1) is 8.14. The Hall–Kier alpha value is -1.86. The van der Waals surface area contributed by atoms with Crippen molar-refractivity contribution in [1.82, 2.24) is 0 Å². The third-order valence-electron chi connectivity index (χ3n) is 2.05. The van der Waals surface area contributed by atoms with Crippen molar-refractivity contribution in [1.29, 1.82) is 0 Å². The molecule has 0 unspecified atom stereocenters. The van der Waals surface area contributed by atoms with Gasteiger partial charge in [0.05, 0.1) is 16.8 Å². The number of ether oxygens (including phenoxy) is 1. The fourth-order valence-electron chi connectivity index (χ4n) is 1.40. The second-order valence-electron chi connectivity index (χ2n) is 3.34. The van der Waals surface area contributed by atoms with Gasteiger partial charge in [0.15, 0.2) is 11.5 Å². The molecule has 1 rings (SSSR count). The number of nitrogens with two attached hydrogens (primary N) is 1. The summed E-state index contributed by atoms with van der Waals surface area (Å²) in [4.78, 5) is 11.2. The molecule has 0 atom stereocenters. The highest BCUT2D eigenvalue weighted by Gasteiger charge is 2.37. The van der Waals surface area contributed by atoms with Crippen LogP contribution < -0.4 is 10.5 Å². The topological polar surface area (TPSA) is 52.3 Å². The first kappa shape index (κ1) is 14.2. The average molecular weight is 269 g/mol. The summed E-state index contributed by atoms with van der Waals surface area (Å²) in [6.07, 6.45) is -4.87. The number of carbonyl (C=O) groups is 1. The van der Waals surface area contributed by atoms with Crippen molar-refractivity contribution in [3.8, 4) is 5.75 Å². The summed E-state index contributed by atoms with van der Waals surface area (Å²) in [6, 6.07) is 1.30. The van der Waals surface area contributed by atoms with Gasteiger partial charge in [-0.1, -0.05) is 0 Å². The molecule has 1 aromatic carbocycles. The maximum Gasteiger partial charge on any atom is 0.417 e. The maximum atomic E-state index is 12.6. The van der Waals surface area contributed by atoms with Gasteiger partial charge in [0, 0.05) is 0 Å². The molecule has 3 nitrogen and oxygen atoms in total. The van der Waals surface area contributed by atoms with E-state index >= 15 is 0 Å². The Kier molecular flexibility index (Phi) is 3.78. The van der Waals surface area contributed by atoms with Crippen molar-refractivity contribution >= 4 is 11.5 Å². The van der Waals surface area contributed by atoms with E-state index in [1.54, 1.807) is 0 Å². The third-order valence-corrected chi connectivity index (χ3v) is 2.05. The molecular weight excluding hydrogens is 261 g/mol. The van der Waals surface area contributed by atoms with Crippen molar-refractivity contribution < 1.29 is 31.5 Å². The summed E-state index contributed by atoms with van der Waals surface area (Å²) >= 11 is 0. The minimum Gasteiger partial charge on any atom is -0.432 e. The number of Topliss-reactive ketones (excluding diaryl/α,β-unsaturated/α-hetero) is 1. The van der Waals surface area contributed by atoms with Gasteiger partial charge in [-0.05, 0) is 19.1 Å². The van der Waals surface area contributed by atoms with E-state index in [1.807, 2.05) is 0 Å². The van der Waals surface area contributed by atoms with Gasteiger partial charge >= 0.3 is 12.8 Å². The Balaban J connectivity index is 3.53. The second-order valence-corrected chi connectivity index (χ2v) is 3.34. The number of rotatable bonds is 3. The summed E-state index contributed by atoms with van der Waals surface area (Å²) in [5.74, 6) is -2.02. The van der Waals surface area contributed by atoms with Crippen molar-refractivity contribution in [3.63, 3.8) is 0 Å². The van der Waals surface area contributed by atoms with Crippen LogP contribution in [-0.4, -0.2) is 12.4 Å². The van der Waals surface area contributed by atoms with E-state index in [-0.39, 0.29) is 0 Å². The van der Waals surface area contributed by atoms with Crippen LogP contribution in [0.25, 0.3) is 0 Å². The lowest BCUT2D eigenvalue weighted by atomic mass is 10.0. The van der Waals surface area contributed by atoms with Gasteiger partial charge in [-0.3, -0.25) is 4.79 Å². The summed E-state index contributed by atoms with van der Waals surface area (Å²) in [5, 5.41) is 0. The van der Waals surface area contributed by atoms with Crippen LogP contribution in [0.3, 0.4) is 0 Å². The molecule has 0 aliphatic rings. The SMILES string of the molecule is CC(=O)c1c(C(F)(F)F)ccc(N)c1OC(F)F. The number of alkyl halides is 5. The van der Waals surface area contributed by atoms with Crippen LogP contribution in [0.2, 0.25) is 0 Å². The molecule has 1 aromatic rings. The van der Waals surface area contributed by atoms with Crippen LogP contribution >= 0.6 is 0 Å². The van der Waals surface area contributed by atoms with Crippen LogP contribution in [0.1, 0.15) is 22.8 Å². The molecule has 0 heterocycles. The van der Waals surface area contributed by atoms with Gasteiger partial charge in [-0.25, -0.2) is 0 Å². The molecule has 8 heteroatoms. The van der Waals surface area contributed by atoms with Gasteiger partial charge in [0.1, 0.15) is 0 Å². The maximum absolute atomic E-state index is 12.6. The molecule has 0 saturated carbocycles. The van der Waals surface area contributed by atoms with E-state index in [0.717, 1.165) is 13.0 Å². The predicted octanol–water partition coefficient (Wildman–Crippen LogP) is 3.09. The summed E-state index contributed by atoms with van der Waals surface area (Å²) in [7, 11) is 0. The molecule has 2 N–H and O–H groups in total. The third kappa shape index (κ3) is 2.88. The molecular formula is C10H8F5NO2. The summed E-state index contributed by atoms with van der Waals surface area (Å²) in [6.45, 7) is -2.57. The van der Waals surface area contributed by atoms with E-state index in [1.165, 1.54) is 0 Å². The predicted molar refractivity (Wildman–Crippen MR) is 52.5 cm³/mol. The Morgan fingerprint density at radius 1 is 1.33 bits per heavy atom. The minimum atomic E-state index is -4.87. The molecule has 0 aliphatic carbocycles. The zero-order valence-electron chi connectivity index (χ0n) is 9.02. The van der Waals surface area contributed by atoms with Crippen LogP contribution in [0.4, 0.5) is 27.6 Å². The number of hydrogen-bond donors (Lipinski definition) is 1. The van der Waals surface area contributed by atoms with Gasteiger partial charge in [0.2, 0.25) is 0 Å². The van der Waals surface area contributed by atoms with E-state index in [0.29, 0.717) is 6.07 Å².